The van der Waals surface area contributed by atoms with Crippen LogP contribution in [0.1, 0.15) is 17.2 Å². The van der Waals surface area contributed by atoms with Gasteiger partial charge in [-0.15, -0.1) is 0 Å². The molecule has 1 N–H and O–H groups in total. The molecule has 0 spiro atoms. The molecule has 2 aromatic rings. The number of non-ortho nitro benzene ring substituents is 1. The Hall–Kier alpha value is -2.89. The van der Waals surface area contributed by atoms with E-state index in [-0.39, 0.29) is 17.6 Å². The van der Waals surface area contributed by atoms with Gasteiger partial charge >= 0.3 is 0 Å². The maximum Gasteiger partial charge on any atom is 0.269 e. The van der Waals surface area contributed by atoms with Crippen LogP contribution in [-0.2, 0) is 0 Å². The minimum atomic E-state index is -0.395. The van der Waals surface area contributed by atoms with E-state index in [4.69, 9.17) is 4.74 Å². The van der Waals surface area contributed by atoms with Crippen LogP contribution in [0, 0.1) is 16.0 Å². The van der Waals surface area contributed by atoms with Crippen molar-refractivity contribution >= 4 is 11.4 Å². The summed E-state index contributed by atoms with van der Waals surface area (Å²) in [5, 5.41) is 15.2. The number of para-hydroxylation sites is 1. The number of rotatable bonds is 2. The molecule has 0 amide bonds. The van der Waals surface area contributed by atoms with Crippen LogP contribution >= 0.6 is 0 Å². The third-order valence-electron chi connectivity index (χ3n) is 4.12. The van der Waals surface area contributed by atoms with Gasteiger partial charge in [0.15, 0.2) is 0 Å². The Labute approximate surface area is 126 Å². The SMILES string of the molecule is O=[N+]([O-])c1ccc([C@H]2NN=C3c4ccccc4OC[C@H]32)cc1. The van der Waals surface area contributed by atoms with Gasteiger partial charge in [-0.2, -0.15) is 5.10 Å². The van der Waals surface area contributed by atoms with Gasteiger partial charge in [0, 0.05) is 17.7 Å². The first-order chi connectivity index (χ1) is 10.7. The number of hydrogen-bond donors (Lipinski definition) is 1. The first-order valence-electron chi connectivity index (χ1n) is 7.04. The number of fused-ring (bicyclic) bond motifs is 3. The minimum Gasteiger partial charge on any atom is -0.492 e. The molecular formula is C16H13N3O3. The first kappa shape index (κ1) is 12.8. The van der Waals surface area contributed by atoms with Gasteiger partial charge in [-0.05, 0) is 17.7 Å². The predicted octanol–water partition coefficient (Wildman–Crippen LogP) is 2.65. The summed E-state index contributed by atoms with van der Waals surface area (Å²) in [5.41, 5.74) is 6.20. The Kier molecular flexibility index (Phi) is 2.82. The molecule has 22 heavy (non-hydrogen) atoms. The summed E-state index contributed by atoms with van der Waals surface area (Å²) < 4.78 is 5.82. The molecule has 4 rings (SSSR count). The molecular weight excluding hydrogens is 282 g/mol. The van der Waals surface area contributed by atoms with Crippen molar-refractivity contribution < 1.29 is 9.66 Å². The van der Waals surface area contributed by atoms with Gasteiger partial charge in [-0.1, -0.05) is 24.3 Å². The number of benzene rings is 2. The lowest BCUT2D eigenvalue weighted by molar-refractivity contribution is -0.384. The van der Waals surface area contributed by atoms with Crippen LogP contribution in [-0.4, -0.2) is 17.2 Å². The highest BCUT2D eigenvalue weighted by Crippen LogP contribution is 2.37. The Morgan fingerprint density at radius 2 is 1.95 bits per heavy atom. The van der Waals surface area contributed by atoms with Crippen molar-refractivity contribution in [2.75, 3.05) is 6.61 Å². The lowest BCUT2D eigenvalue weighted by Crippen LogP contribution is -2.31. The first-order valence-corrected chi connectivity index (χ1v) is 7.04. The standard InChI is InChI=1S/C16H13N3O3/c20-19(21)11-7-5-10(6-8-11)15-13-9-22-14-4-2-1-3-12(14)16(13)18-17-15/h1-8,13,15,17H,9H2/t13-,15+/m0/s1. The molecule has 0 fully saturated rings. The second-order valence-electron chi connectivity index (χ2n) is 5.37. The topological polar surface area (TPSA) is 76.8 Å². The maximum atomic E-state index is 10.7. The van der Waals surface area contributed by atoms with Gasteiger partial charge in [-0.25, -0.2) is 0 Å². The molecule has 2 aliphatic heterocycles. The molecule has 0 radical (unpaired) electrons. The van der Waals surface area contributed by atoms with Crippen molar-refractivity contribution in [1.82, 2.24) is 5.43 Å². The van der Waals surface area contributed by atoms with E-state index in [0.29, 0.717) is 6.61 Å². The molecule has 2 heterocycles. The quantitative estimate of drug-likeness (QED) is 0.682. The van der Waals surface area contributed by atoms with Gasteiger partial charge in [0.1, 0.15) is 5.75 Å². The highest BCUT2D eigenvalue weighted by Gasteiger charge is 2.38. The highest BCUT2D eigenvalue weighted by atomic mass is 16.6. The molecule has 2 atom stereocenters. The lowest BCUT2D eigenvalue weighted by Gasteiger charge is -2.26. The molecule has 0 aromatic heterocycles. The second-order valence-corrected chi connectivity index (χ2v) is 5.37. The van der Waals surface area contributed by atoms with Crippen LogP contribution in [0.5, 0.6) is 5.75 Å². The third-order valence-corrected chi connectivity index (χ3v) is 4.12. The number of nitro groups is 1. The highest BCUT2D eigenvalue weighted by molar-refractivity contribution is 6.06. The van der Waals surface area contributed by atoms with Crippen LogP contribution < -0.4 is 10.2 Å². The number of nitrogens with zero attached hydrogens (tertiary/aromatic N) is 2. The maximum absolute atomic E-state index is 10.7. The zero-order valence-electron chi connectivity index (χ0n) is 11.6. The van der Waals surface area contributed by atoms with Crippen molar-refractivity contribution in [2.24, 2.45) is 11.0 Å². The van der Waals surface area contributed by atoms with Crippen LogP contribution in [0.15, 0.2) is 53.6 Å². The summed E-state index contributed by atoms with van der Waals surface area (Å²) in [5.74, 6) is 0.958. The molecule has 0 bridgehead atoms. The summed E-state index contributed by atoms with van der Waals surface area (Å²) in [6, 6.07) is 14.4. The van der Waals surface area contributed by atoms with E-state index in [1.807, 2.05) is 24.3 Å². The average molecular weight is 295 g/mol. The van der Waals surface area contributed by atoms with E-state index >= 15 is 0 Å². The van der Waals surface area contributed by atoms with Crippen LogP contribution in [0.4, 0.5) is 5.69 Å². The Morgan fingerprint density at radius 3 is 2.73 bits per heavy atom. The van der Waals surface area contributed by atoms with E-state index < -0.39 is 4.92 Å². The normalized spacial score (nSPS) is 21.9. The molecule has 110 valence electrons. The smallest absolute Gasteiger partial charge is 0.269 e. The van der Waals surface area contributed by atoms with Crippen LogP contribution in [0.25, 0.3) is 0 Å². The van der Waals surface area contributed by atoms with Crippen molar-refractivity contribution in [1.29, 1.82) is 0 Å². The van der Waals surface area contributed by atoms with Gasteiger partial charge in [-0.3, -0.25) is 10.1 Å². The number of ether oxygens (including phenoxy) is 1. The minimum absolute atomic E-state index is 0.0239. The predicted molar refractivity (Wildman–Crippen MR) is 80.9 cm³/mol. The summed E-state index contributed by atoms with van der Waals surface area (Å²) >= 11 is 0. The fourth-order valence-corrected chi connectivity index (χ4v) is 3.00. The fraction of sp³-hybridized carbons (Fsp3) is 0.188. The third kappa shape index (κ3) is 1.92. The van der Waals surface area contributed by atoms with Crippen LogP contribution in [0.2, 0.25) is 0 Å². The monoisotopic (exact) mass is 295 g/mol. The second kappa shape index (κ2) is 4.84. The average Bonchev–Trinajstić information content (AvgIpc) is 2.99. The Bertz CT molecular complexity index is 770. The number of nitro benzene ring substituents is 1. The summed E-state index contributed by atoms with van der Waals surface area (Å²) in [7, 11) is 0. The van der Waals surface area contributed by atoms with Crippen LogP contribution in [0.3, 0.4) is 0 Å². The summed E-state index contributed by atoms with van der Waals surface area (Å²) in [4.78, 5) is 10.4. The molecule has 6 nitrogen and oxygen atoms in total. The van der Waals surface area contributed by atoms with Crippen molar-refractivity contribution in [3.05, 3.63) is 69.8 Å². The van der Waals surface area contributed by atoms with E-state index in [1.54, 1.807) is 12.1 Å². The van der Waals surface area contributed by atoms with E-state index in [2.05, 4.69) is 10.5 Å². The van der Waals surface area contributed by atoms with Crippen molar-refractivity contribution in [3.8, 4) is 5.75 Å². The van der Waals surface area contributed by atoms with Crippen molar-refractivity contribution in [2.45, 2.75) is 6.04 Å². The number of nitrogens with one attached hydrogen (secondary N) is 1. The number of hydrazone groups is 1. The molecule has 0 saturated heterocycles. The lowest BCUT2D eigenvalue weighted by atomic mass is 9.86. The number of hydrogen-bond acceptors (Lipinski definition) is 5. The Morgan fingerprint density at radius 1 is 1.18 bits per heavy atom. The van der Waals surface area contributed by atoms with E-state index in [1.165, 1.54) is 12.1 Å². The summed E-state index contributed by atoms with van der Waals surface area (Å²) in [6.45, 7) is 0.546. The van der Waals surface area contributed by atoms with Gasteiger partial charge in [0.2, 0.25) is 0 Å². The molecule has 2 aliphatic rings. The zero-order chi connectivity index (χ0) is 15.1. The Balaban J connectivity index is 1.64. The molecule has 0 saturated carbocycles. The summed E-state index contributed by atoms with van der Waals surface area (Å²) in [6.07, 6.45) is 0. The van der Waals surface area contributed by atoms with Gasteiger partial charge in [0.25, 0.3) is 5.69 Å². The van der Waals surface area contributed by atoms with E-state index in [9.17, 15) is 10.1 Å². The van der Waals surface area contributed by atoms with Gasteiger partial charge < -0.3 is 10.2 Å². The molecule has 0 unspecified atom stereocenters. The van der Waals surface area contributed by atoms with Crippen molar-refractivity contribution in [3.63, 3.8) is 0 Å². The molecule has 0 aliphatic carbocycles. The molecule has 2 aromatic carbocycles. The molecule has 6 heteroatoms. The zero-order valence-corrected chi connectivity index (χ0v) is 11.6. The van der Waals surface area contributed by atoms with Gasteiger partial charge in [0.05, 0.1) is 29.2 Å². The van der Waals surface area contributed by atoms with E-state index in [0.717, 1.165) is 22.6 Å². The largest absolute Gasteiger partial charge is 0.492 e. The fourth-order valence-electron chi connectivity index (χ4n) is 3.00.